The number of nitrogens with two attached hydrogens (primary N) is 1. The molecule has 0 radical (unpaired) electrons. The molecule has 5 heteroatoms. The smallest absolute Gasteiger partial charge is 0.161 e. The molecule has 1 aromatic heterocycles. The highest BCUT2D eigenvalue weighted by atomic mass is 16.3. The summed E-state index contributed by atoms with van der Waals surface area (Å²) in [7, 11) is 0. The lowest BCUT2D eigenvalue weighted by molar-refractivity contribution is 0.475. The van der Waals surface area contributed by atoms with Crippen LogP contribution in [-0.2, 0) is 6.42 Å². The Morgan fingerprint density at radius 1 is 1.21 bits per heavy atom. The number of rotatable bonds is 4. The number of nitrogens with one attached hydrogen (secondary N) is 1. The van der Waals surface area contributed by atoms with Gasteiger partial charge in [-0.05, 0) is 36.6 Å². The van der Waals surface area contributed by atoms with Crippen molar-refractivity contribution < 1.29 is 5.11 Å². The number of hydrogen-bond acceptors (Lipinski definition) is 5. The number of hydrazine groups is 1. The maximum absolute atomic E-state index is 9.30. The van der Waals surface area contributed by atoms with Gasteiger partial charge in [-0.3, -0.25) is 0 Å². The number of aromatic nitrogens is 2. The van der Waals surface area contributed by atoms with E-state index in [1.165, 1.54) is 0 Å². The maximum atomic E-state index is 9.30. The SMILES string of the molecule is CC(C)Cc1cc(NN)nc(-c2ccc(O)cc2)n1. The molecule has 0 aliphatic rings. The fourth-order valence-corrected chi connectivity index (χ4v) is 1.83. The molecule has 0 spiro atoms. The molecule has 1 heterocycles. The summed E-state index contributed by atoms with van der Waals surface area (Å²) in [4.78, 5) is 8.86. The van der Waals surface area contributed by atoms with Crippen molar-refractivity contribution in [1.82, 2.24) is 9.97 Å². The van der Waals surface area contributed by atoms with E-state index in [1.54, 1.807) is 24.3 Å². The zero-order valence-corrected chi connectivity index (χ0v) is 11.1. The van der Waals surface area contributed by atoms with Crippen molar-refractivity contribution in [1.29, 1.82) is 0 Å². The van der Waals surface area contributed by atoms with Gasteiger partial charge in [-0.1, -0.05) is 13.8 Å². The van der Waals surface area contributed by atoms with E-state index in [9.17, 15) is 5.11 Å². The number of benzene rings is 1. The molecule has 0 unspecified atom stereocenters. The summed E-state index contributed by atoms with van der Waals surface area (Å²) in [5.41, 5.74) is 4.35. The first-order valence-corrected chi connectivity index (χ1v) is 6.22. The number of phenols is 1. The van der Waals surface area contributed by atoms with Crippen LogP contribution in [-0.4, -0.2) is 15.1 Å². The average Bonchev–Trinajstić information content (AvgIpc) is 2.38. The van der Waals surface area contributed by atoms with Gasteiger partial charge in [-0.2, -0.15) is 0 Å². The van der Waals surface area contributed by atoms with Gasteiger partial charge in [-0.15, -0.1) is 0 Å². The molecular weight excluding hydrogens is 240 g/mol. The standard InChI is InChI=1S/C14H18N4O/c1-9(2)7-11-8-13(18-15)17-14(16-11)10-3-5-12(19)6-4-10/h3-6,8-9,19H,7,15H2,1-2H3,(H,16,17,18). The van der Waals surface area contributed by atoms with Gasteiger partial charge >= 0.3 is 0 Å². The van der Waals surface area contributed by atoms with Gasteiger partial charge in [0, 0.05) is 17.3 Å². The minimum Gasteiger partial charge on any atom is -0.508 e. The molecule has 19 heavy (non-hydrogen) atoms. The van der Waals surface area contributed by atoms with Crippen LogP contribution in [0.5, 0.6) is 5.75 Å². The third kappa shape index (κ3) is 3.42. The van der Waals surface area contributed by atoms with Gasteiger partial charge in [0.1, 0.15) is 11.6 Å². The van der Waals surface area contributed by atoms with Crippen LogP contribution in [0.25, 0.3) is 11.4 Å². The van der Waals surface area contributed by atoms with Crippen LogP contribution in [0.2, 0.25) is 0 Å². The largest absolute Gasteiger partial charge is 0.508 e. The van der Waals surface area contributed by atoms with Crippen LogP contribution in [0.3, 0.4) is 0 Å². The highest BCUT2D eigenvalue weighted by molar-refractivity contribution is 5.58. The Bertz CT molecular complexity index is 552. The highest BCUT2D eigenvalue weighted by Crippen LogP contribution is 2.21. The Kier molecular flexibility index (Phi) is 3.97. The normalized spacial score (nSPS) is 10.7. The summed E-state index contributed by atoms with van der Waals surface area (Å²) in [5, 5.41) is 9.30. The van der Waals surface area contributed by atoms with Crippen LogP contribution in [0.15, 0.2) is 30.3 Å². The molecule has 2 aromatic rings. The Morgan fingerprint density at radius 2 is 1.89 bits per heavy atom. The van der Waals surface area contributed by atoms with Gasteiger partial charge in [0.15, 0.2) is 5.82 Å². The number of hydrogen-bond donors (Lipinski definition) is 3. The van der Waals surface area contributed by atoms with Gasteiger partial charge in [0.05, 0.1) is 0 Å². The minimum atomic E-state index is 0.222. The van der Waals surface area contributed by atoms with Crippen molar-refractivity contribution in [2.24, 2.45) is 11.8 Å². The highest BCUT2D eigenvalue weighted by Gasteiger charge is 2.08. The van der Waals surface area contributed by atoms with E-state index in [0.29, 0.717) is 17.6 Å². The van der Waals surface area contributed by atoms with Crippen LogP contribution in [0, 0.1) is 5.92 Å². The van der Waals surface area contributed by atoms with Crippen molar-refractivity contribution in [3.63, 3.8) is 0 Å². The number of anilines is 1. The molecule has 0 saturated heterocycles. The van der Waals surface area contributed by atoms with E-state index in [0.717, 1.165) is 17.7 Å². The third-order valence-electron chi connectivity index (χ3n) is 2.67. The zero-order valence-electron chi connectivity index (χ0n) is 11.1. The van der Waals surface area contributed by atoms with E-state index in [1.807, 2.05) is 6.07 Å². The Balaban J connectivity index is 2.41. The second kappa shape index (κ2) is 5.67. The zero-order chi connectivity index (χ0) is 13.8. The lowest BCUT2D eigenvalue weighted by atomic mass is 10.1. The maximum Gasteiger partial charge on any atom is 0.161 e. The van der Waals surface area contributed by atoms with Crippen molar-refractivity contribution in [2.75, 3.05) is 5.43 Å². The second-order valence-corrected chi connectivity index (χ2v) is 4.86. The summed E-state index contributed by atoms with van der Waals surface area (Å²) >= 11 is 0. The Labute approximate surface area is 112 Å². The quantitative estimate of drug-likeness (QED) is 0.579. The molecule has 0 aliphatic carbocycles. The van der Waals surface area contributed by atoms with Crippen molar-refractivity contribution in [3.8, 4) is 17.1 Å². The predicted octanol–water partition coefficient (Wildman–Crippen LogP) is 2.33. The summed E-state index contributed by atoms with van der Waals surface area (Å²) in [6.45, 7) is 4.27. The first kappa shape index (κ1) is 13.3. The van der Waals surface area contributed by atoms with Gasteiger partial charge in [0.2, 0.25) is 0 Å². The summed E-state index contributed by atoms with van der Waals surface area (Å²) in [6.07, 6.45) is 0.863. The molecular formula is C14H18N4O. The fourth-order valence-electron chi connectivity index (χ4n) is 1.83. The molecule has 1 aromatic carbocycles. The monoisotopic (exact) mass is 258 g/mol. The van der Waals surface area contributed by atoms with E-state index < -0.39 is 0 Å². The van der Waals surface area contributed by atoms with Gasteiger partial charge in [0.25, 0.3) is 0 Å². The number of nitrogen functional groups attached to an aromatic ring is 1. The Morgan fingerprint density at radius 3 is 2.47 bits per heavy atom. The molecule has 2 rings (SSSR count). The number of phenolic OH excluding ortho intramolecular Hbond substituents is 1. The number of aromatic hydroxyl groups is 1. The van der Waals surface area contributed by atoms with Crippen LogP contribution < -0.4 is 11.3 Å². The average molecular weight is 258 g/mol. The fraction of sp³-hybridized carbons (Fsp3) is 0.286. The molecule has 0 amide bonds. The van der Waals surface area contributed by atoms with Gasteiger partial charge in [-0.25, -0.2) is 15.8 Å². The van der Waals surface area contributed by atoms with Crippen molar-refractivity contribution >= 4 is 5.82 Å². The molecule has 4 N–H and O–H groups in total. The molecule has 0 aliphatic heterocycles. The van der Waals surface area contributed by atoms with E-state index >= 15 is 0 Å². The Hall–Kier alpha value is -2.14. The summed E-state index contributed by atoms with van der Waals surface area (Å²) < 4.78 is 0. The first-order valence-electron chi connectivity index (χ1n) is 6.22. The van der Waals surface area contributed by atoms with Crippen molar-refractivity contribution in [2.45, 2.75) is 20.3 Å². The molecule has 100 valence electrons. The molecule has 0 atom stereocenters. The molecule has 0 fully saturated rings. The first-order chi connectivity index (χ1) is 9.08. The van der Waals surface area contributed by atoms with Crippen LogP contribution in [0.4, 0.5) is 5.82 Å². The van der Waals surface area contributed by atoms with E-state index in [2.05, 4.69) is 29.2 Å². The lowest BCUT2D eigenvalue weighted by Gasteiger charge is -2.09. The summed E-state index contributed by atoms with van der Waals surface area (Å²) in [5.74, 6) is 7.36. The second-order valence-electron chi connectivity index (χ2n) is 4.86. The summed E-state index contributed by atoms with van der Waals surface area (Å²) in [6, 6.07) is 8.64. The minimum absolute atomic E-state index is 0.222. The van der Waals surface area contributed by atoms with Crippen molar-refractivity contribution in [3.05, 3.63) is 36.0 Å². The third-order valence-corrected chi connectivity index (χ3v) is 2.67. The topological polar surface area (TPSA) is 84.1 Å². The molecule has 0 bridgehead atoms. The number of nitrogens with zero attached hydrogens (tertiary/aromatic N) is 2. The molecule has 0 saturated carbocycles. The molecule has 5 nitrogen and oxygen atoms in total. The predicted molar refractivity (Wildman–Crippen MR) is 75.5 cm³/mol. The van der Waals surface area contributed by atoms with E-state index in [-0.39, 0.29) is 5.75 Å². The van der Waals surface area contributed by atoms with Gasteiger partial charge < -0.3 is 10.5 Å². The lowest BCUT2D eigenvalue weighted by Crippen LogP contribution is -2.11. The van der Waals surface area contributed by atoms with E-state index in [4.69, 9.17) is 5.84 Å². The van der Waals surface area contributed by atoms with Crippen LogP contribution in [0.1, 0.15) is 19.5 Å². The van der Waals surface area contributed by atoms with Crippen LogP contribution >= 0.6 is 0 Å².